The Balaban J connectivity index is 0.000000153. The summed E-state index contributed by atoms with van der Waals surface area (Å²) >= 11 is 0. The molecule has 2 aliphatic heterocycles. The van der Waals surface area contributed by atoms with E-state index < -0.39 is 10.8 Å². The third-order valence-electron chi connectivity index (χ3n) is 11.9. The van der Waals surface area contributed by atoms with E-state index in [-0.39, 0.29) is 42.1 Å². The Bertz CT molecular complexity index is 2640. The molecule has 4 aliphatic rings. The molecule has 0 saturated heterocycles. The van der Waals surface area contributed by atoms with E-state index in [2.05, 4.69) is 149 Å². The van der Waals surface area contributed by atoms with Crippen LogP contribution >= 0.6 is 0 Å². The summed E-state index contributed by atoms with van der Waals surface area (Å²) in [5.74, 6) is 0. The van der Waals surface area contributed by atoms with Crippen LogP contribution in [0.15, 0.2) is 171 Å². The molecule has 2 atom stereocenters. The van der Waals surface area contributed by atoms with Crippen LogP contribution < -0.4 is 20.0 Å². The second-order valence-corrected chi connectivity index (χ2v) is 15.1. The molecule has 0 spiro atoms. The van der Waals surface area contributed by atoms with Crippen molar-refractivity contribution in [2.75, 3.05) is 23.9 Å². The summed E-state index contributed by atoms with van der Waals surface area (Å²) in [7, 11) is 4.02. The summed E-state index contributed by atoms with van der Waals surface area (Å²) in [6, 6.07) is 45.1. The van der Waals surface area contributed by atoms with Crippen LogP contribution in [0.3, 0.4) is 0 Å². The minimum atomic E-state index is -0.609. The van der Waals surface area contributed by atoms with Crippen molar-refractivity contribution < 1.29 is 42.1 Å². The molecule has 0 radical (unpaired) electrons. The predicted molar refractivity (Wildman–Crippen MR) is 230 cm³/mol. The Hall–Kier alpha value is -6.34. The molecule has 10 nitrogen and oxygen atoms in total. The van der Waals surface area contributed by atoms with E-state index in [9.17, 15) is 0 Å². The average molecular weight is 1170 g/mol. The van der Waals surface area contributed by atoms with Gasteiger partial charge in [0.2, 0.25) is 0 Å². The van der Waals surface area contributed by atoms with Gasteiger partial charge in [-0.25, -0.2) is 0 Å². The van der Waals surface area contributed by atoms with Gasteiger partial charge >= 0.3 is 0 Å². The maximum atomic E-state index is 4.54. The summed E-state index contributed by atoms with van der Waals surface area (Å²) < 4.78 is 0. The minimum absolute atomic E-state index is 0. The SMILES string of the molecule is CN1C=CN(c2[c-]c(C3(c4cc[n-]n4)c4ccccc4-c4ccncc43)ccc2)[CH-]1.CN1C=CN(c2[c-]c(C3(c4cc[n-]n4)c4ccccc4-c4ccncc43)ccc2)[CH-]1.[Pt].[Pt]. The van der Waals surface area contributed by atoms with Crippen LogP contribution in [0.1, 0.15) is 44.8 Å². The van der Waals surface area contributed by atoms with Crippen molar-refractivity contribution in [1.82, 2.24) is 40.2 Å². The number of aromatic nitrogens is 6. The quantitative estimate of drug-likeness (QED) is 0.153. The van der Waals surface area contributed by atoms with Crippen molar-refractivity contribution in [3.05, 3.63) is 241 Å². The molecular weight excluding hydrogens is 1130 g/mol. The number of pyridine rings is 2. The fourth-order valence-corrected chi connectivity index (χ4v) is 9.35. The maximum absolute atomic E-state index is 4.54. The van der Waals surface area contributed by atoms with E-state index in [0.29, 0.717) is 0 Å². The molecule has 0 fully saturated rings. The molecule has 12 heteroatoms. The summed E-state index contributed by atoms with van der Waals surface area (Å²) in [5, 5.41) is 17.4. The number of anilines is 2. The van der Waals surface area contributed by atoms with Gasteiger partial charge in [-0.2, -0.15) is 74.3 Å². The number of fused-ring (bicyclic) bond motifs is 6. The smallest absolute Gasteiger partial charge is 0.0659 e. The van der Waals surface area contributed by atoms with Crippen LogP contribution in [0, 0.1) is 25.5 Å². The average Bonchev–Trinajstić information content (AvgIpc) is 4.17. The van der Waals surface area contributed by atoms with E-state index in [1.165, 1.54) is 33.4 Å². The first-order valence-corrected chi connectivity index (χ1v) is 19.7. The van der Waals surface area contributed by atoms with Crippen LogP contribution in [-0.4, -0.2) is 44.1 Å². The first-order chi connectivity index (χ1) is 29.6. The summed E-state index contributed by atoms with van der Waals surface area (Å²) in [6.45, 7) is 4.06. The Morgan fingerprint density at radius 3 is 1.32 bits per heavy atom. The van der Waals surface area contributed by atoms with Gasteiger partial charge in [0.25, 0.3) is 0 Å². The summed E-state index contributed by atoms with van der Waals surface area (Å²) in [5.41, 5.74) is 13.9. The molecule has 2 aliphatic carbocycles. The predicted octanol–water partition coefficient (Wildman–Crippen LogP) is 7.87. The van der Waals surface area contributed by atoms with Crippen molar-refractivity contribution in [2.45, 2.75) is 10.8 Å². The van der Waals surface area contributed by atoms with Gasteiger partial charge in [0.15, 0.2) is 0 Å². The van der Waals surface area contributed by atoms with Gasteiger partial charge in [0.1, 0.15) is 0 Å². The minimum Gasteiger partial charge on any atom is -0.581 e. The maximum Gasteiger partial charge on any atom is 0.0659 e. The van der Waals surface area contributed by atoms with Crippen LogP contribution in [-0.2, 0) is 53.0 Å². The van der Waals surface area contributed by atoms with E-state index in [4.69, 9.17) is 0 Å². The molecule has 62 heavy (non-hydrogen) atoms. The monoisotopic (exact) mass is 1170 g/mol. The topological polar surface area (TPSA) is 92.7 Å². The molecule has 0 saturated carbocycles. The van der Waals surface area contributed by atoms with Crippen molar-refractivity contribution in [3.8, 4) is 22.3 Å². The van der Waals surface area contributed by atoms with Crippen molar-refractivity contribution in [2.24, 2.45) is 0 Å². The number of nitrogens with zero attached hydrogens (tertiary/aromatic N) is 10. The number of hydrogen-bond acceptors (Lipinski definition) is 8. The van der Waals surface area contributed by atoms with Gasteiger partial charge in [-0.05, 0) is 95.5 Å². The third kappa shape index (κ3) is 6.30. The van der Waals surface area contributed by atoms with Gasteiger partial charge in [-0.3, -0.25) is 9.97 Å². The number of hydrogen-bond donors (Lipinski definition) is 0. The first kappa shape index (κ1) is 41.0. The molecule has 6 heterocycles. The molecule has 0 amide bonds. The normalized spacial score (nSPS) is 18.6. The molecule has 2 unspecified atom stereocenters. The zero-order valence-corrected chi connectivity index (χ0v) is 38.0. The second kappa shape index (κ2) is 16.5. The Morgan fingerprint density at radius 1 is 0.484 bits per heavy atom. The Kier molecular flexibility index (Phi) is 10.9. The zero-order valence-electron chi connectivity index (χ0n) is 33.4. The van der Waals surface area contributed by atoms with Gasteiger partial charge in [0.05, 0.1) is 10.8 Å². The zero-order chi connectivity index (χ0) is 40.3. The van der Waals surface area contributed by atoms with Crippen LogP contribution in [0.25, 0.3) is 22.3 Å². The van der Waals surface area contributed by atoms with Gasteiger partial charge in [0, 0.05) is 78.3 Å². The number of rotatable bonds is 6. The standard InChI is InChI=1S/2C25H18N5.2Pt/c2*1-29-13-14-30(17-29)19-6-4-5-18(15-19)25(24-10-12-27-28-24)22-8-3-2-7-20(22)21-9-11-26-16-23(21)25;;/h2*2-14,16-17H,1H3;;/q2*-3;;. The largest absolute Gasteiger partial charge is 0.581 e. The van der Waals surface area contributed by atoms with Crippen LogP contribution in [0.5, 0.6) is 0 Å². The molecular formula is C50H36N10Pt2-6. The third-order valence-corrected chi connectivity index (χ3v) is 11.9. The molecule has 4 aromatic carbocycles. The van der Waals surface area contributed by atoms with Crippen molar-refractivity contribution in [1.29, 1.82) is 0 Å². The summed E-state index contributed by atoms with van der Waals surface area (Å²) in [6.07, 6.45) is 19.2. The molecule has 4 aromatic heterocycles. The molecule has 8 aromatic rings. The van der Waals surface area contributed by atoms with Gasteiger partial charge in [-0.1, -0.05) is 60.7 Å². The van der Waals surface area contributed by atoms with E-state index in [1.54, 1.807) is 12.4 Å². The van der Waals surface area contributed by atoms with Gasteiger partial charge in [-0.15, -0.1) is 22.5 Å². The molecule has 0 N–H and O–H groups in total. The van der Waals surface area contributed by atoms with Crippen molar-refractivity contribution in [3.63, 3.8) is 0 Å². The molecule has 312 valence electrons. The van der Waals surface area contributed by atoms with Crippen molar-refractivity contribution >= 4 is 11.4 Å². The van der Waals surface area contributed by atoms with E-state index in [0.717, 1.165) is 45.0 Å². The Labute approximate surface area is 389 Å². The molecule has 12 rings (SSSR count). The van der Waals surface area contributed by atoms with Crippen LogP contribution in [0.4, 0.5) is 11.4 Å². The van der Waals surface area contributed by atoms with E-state index in [1.807, 2.05) is 99.0 Å². The fraction of sp³-hybridized carbons (Fsp3) is 0.0800. The number of benzene rings is 4. The second-order valence-electron chi connectivity index (χ2n) is 15.1. The molecule has 0 bridgehead atoms. The van der Waals surface area contributed by atoms with Gasteiger partial charge < -0.3 is 40.0 Å². The van der Waals surface area contributed by atoms with E-state index >= 15 is 0 Å². The van der Waals surface area contributed by atoms with Crippen LogP contribution in [0.2, 0.25) is 0 Å². The fourth-order valence-electron chi connectivity index (χ4n) is 9.35. The first-order valence-electron chi connectivity index (χ1n) is 19.7. The Morgan fingerprint density at radius 2 is 0.919 bits per heavy atom. The summed E-state index contributed by atoms with van der Waals surface area (Å²) in [4.78, 5) is 17.1.